The molecular formula is C12H11F3N2O2S2. The third-order valence-corrected chi connectivity index (χ3v) is 6.69. The predicted octanol–water partition coefficient (Wildman–Crippen LogP) is 2.36. The second-order valence-electron chi connectivity index (χ2n) is 4.99. The van der Waals surface area contributed by atoms with Gasteiger partial charge < -0.3 is 4.90 Å². The first kappa shape index (κ1) is 14.7. The lowest BCUT2D eigenvalue weighted by atomic mass is 10.1. The van der Waals surface area contributed by atoms with Crippen LogP contribution in [0.25, 0.3) is 0 Å². The molecule has 0 saturated carbocycles. The summed E-state index contributed by atoms with van der Waals surface area (Å²) in [6, 6.07) is 4.37. The first-order chi connectivity index (χ1) is 9.69. The Labute approximate surface area is 123 Å². The number of nitrogens with one attached hydrogen (secondary N) is 1. The third kappa shape index (κ3) is 2.52. The van der Waals surface area contributed by atoms with E-state index in [1.807, 2.05) is 0 Å². The summed E-state index contributed by atoms with van der Waals surface area (Å²) in [5, 5.41) is 7.50. The molecule has 2 heterocycles. The van der Waals surface area contributed by atoms with E-state index in [0.717, 1.165) is 17.8 Å². The van der Waals surface area contributed by atoms with Crippen molar-refractivity contribution in [2.45, 2.75) is 17.5 Å². The normalized spacial score (nSPS) is 28.0. The molecule has 0 spiro atoms. The Morgan fingerprint density at radius 3 is 2.57 bits per heavy atom. The number of amidine groups is 1. The van der Waals surface area contributed by atoms with Crippen LogP contribution >= 0.6 is 11.8 Å². The van der Waals surface area contributed by atoms with Crippen molar-refractivity contribution in [3.8, 4) is 0 Å². The fraction of sp³-hybridized carbons (Fsp3) is 0.417. The smallest absolute Gasteiger partial charge is 0.316 e. The van der Waals surface area contributed by atoms with Crippen molar-refractivity contribution in [3.63, 3.8) is 0 Å². The molecule has 0 radical (unpaired) electrons. The lowest BCUT2D eigenvalue weighted by Gasteiger charge is -2.26. The van der Waals surface area contributed by atoms with Gasteiger partial charge >= 0.3 is 6.18 Å². The number of anilines is 1. The summed E-state index contributed by atoms with van der Waals surface area (Å²) in [7, 11) is -3.26. The van der Waals surface area contributed by atoms with Crippen LogP contribution in [0.2, 0.25) is 0 Å². The quantitative estimate of drug-likeness (QED) is 0.855. The second kappa shape index (κ2) is 4.64. The van der Waals surface area contributed by atoms with Gasteiger partial charge in [-0.05, 0) is 12.1 Å². The predicted molar refractivity (Wildman–Crippen MR) is 75.5 cm³/mol. The standard InChI is InChI=1S/C12H11F3N2O2S2/c13-12(14,15)7-3-1-2-4-8(7)17-9-5-21(18,19)6-10(9)20-11(17)16/h1-4,9-10,16H,5-6H2/t9-,10+/m0/s1. The van der Waals surface area contributed by atoms with Gasteiger partial charge in [0, 0.05) is 5.25 Å². The topological polar surface area (TPSA) is 61.2 Å². The lowest BCUT2D eigenvalue weighted by Crippen LogP contribution is -2.38. The highest BCUT2D eigenvalue weighted by Crippen LogP contribution is 2.44. The van der Waals surface area contributed by atoms with Crippen LogP contribution in [0.1, 0.15) is 5.56 Å². The summed E-state index contributed by atoms with van der Waals surface area (Å²) in [6.45, 7) is 0. The molecule has 21 heavy (non-hydrogen) atoms. The molecule has 9 heteroatoms. The average molecular weight is 336 g/mol. The maximum atomic E-state index is 13.1. The highest BCUT2D eigenvalue weighted by atomic mass is 32.2. The van der Waals surface area contributed by atoms with Crippen LogP contribution in [0.3, 0.4) is 0 Å². The lowest BCUT2D eigenvalue weighted by molar-refractivity contribution is -0.137. The molecule has 1 aromatic carbocycles. The number of alkyl halides is 3. The van der Waals surface area contributed by atoms with Crippen molar-refractivity contribution < 1.29 is 21.6 Å². The van der Waals surface area contributed by atoms with Gasteiger partial charge in [0.25, 0.3) is 0 Å². The third-order valence-electron chi connectivity index (χ3n) is 3.55. The van der Waals surface area contributed by atoms with Crippen molar-refractivity contribution in [1.29, 1.82) is 5.41 Å². The summed E-state index contributed by atoms with van der Waals surface area (Å²) in [5.41, 5.74) is -0.993. The van der Waals surface area contributed by atoms with E-state index in [1.54, 1.807) is 0 Å². The molecule has 0 bridgehead atoms. The zero-order chi connectivity index (χ0) is 15.4. The molecule has 2 saturated heterocycles. The Kier molecular flexibility index (Phi) is 3.25. The highest BCUT2D eigenvalue weighted by Gasteiger charge is 2.50. The zero-order valence-corrected chi connectivity index (χ0v) is 12.2. The maximum absolute atomic E-state index is 13.1. The largest absolute Gasteiger partial charge is 0.418 e. The molecule has 2 fully saturated rings. The Morgan fingerprint density at radius 1 is 1.24 bits per heavy atom. The van der Waals surface area contributed by atoms with E-state index in [1.165, 1.54) is 23.1 Å². The van der Waals surface area contributed by atoms with E-state index in [-0.39, 0.29) is 27.6 Å². The van der Waals surface area contributed by atoms with E-state index >= 15 is 0 Å². The molecule has 114 valence electrons. The van der Waals surface area contributed by atoms with Crippen LogP contribution < -0.4 is 4.90 Å². The van der Waals surface area contributed by atoms with E-state index < -0.39 is 27.6 Å². The molecular weight excluding hydrogens is 325 g/mol. The van der Waals surface area contributed by atoms with E-state index in [4.69, 9.17) is 5.41 Å². The number of rotatable bonds is 1. The molecule has 1 N–H and O–H groups in total. The van der Waals surface area contributed by atoms with Gasteiger partial charge in [-0.1, -0.05) is 23.9 Å². The van der Waals surface area contributed by atoms with Gasteiger partial charge in [0.15, 0.2) is 15.0 Å². The Hall–Kier alpha value is -1.22. The van der Waals surface area contributed by atoms with Gasteiger partial charge in [-0.2, -0.15) is 13.2 Å². The van der Waals surface area contributed by atoms with E-state index in [2.05, 4.69) is 0 Å². The molecule has 0 aliphatic carbocycles. The zero-order valence-electron chi connectivity index (χ0n) is 10.6. The summed E-state index contributed by atoms with van der Waals surface area (Å²) < 4.78 is 62.7. The Morgan fingerprint density at radius 2 is 1.90 bits per heavy atom. The molecule has 1 aromatic rings. The second-order valence-corrected chi connectivity index (χ2v) is 8.37. The highest BCUT2D eigenvalue weighted by molar-refractivity contribution is 8.15. The SMILES string of the molecule is N=C1S[C@@H]2CS(=O)(=O)C[C@@H]2N1c1ccccc1C(F)(F)F. The fourth-order valence-corrected chi connectivity index (χ4v) is 6.50. The van der Waals surface area contributed by atoms with Gasteiger partial charge in [0.05, 0.1) is 28.8 Å². The Balaban J connectivity index is 2.07. The van der Waals surface area contributed by atoms with Crippen LogP contribution in [-0.2, 0) is 16.0 Å². The molecule has 4 nitrogen and oxygen atoms in total. The number of hydrogen-bond donors (Lipinski definition) is 1. The first-order valence-electron chi connectivity index (χ1n) is 6.10. The van der Waals surface area contributed by atoms with Crippen LogP contribution in [-0.4, -0.2) is 36.4 Å². The van der Waals surface area contributed by atoms with Crippen LogP contribution in [0.15, 0.2) is 24.3 Å². The number of thioether (sulfide) groups is 1. The number of fused-ring (bicyclic) bond motifs is 1. The van der Waals surface area contributed by atoms with Gasteiger partial charge in [-0.25, -0.2) is 8.42 Å². The Bertz CT molecular complexity index is 703. The van der Waals surface area contributed by atoms with Crippen molar-refractivity contribution in [2.75, 3.05) is 16.4 Å². The number of para-hydroxylation sites is 1. The monoisotopic (exact) mass is 336 g/mol. The minimum atomic E-state index is -4.54. The number of benzene rings is 1. The molecule has 2 aliphatic heterocycles. The van der Waals surface area contributed by atoms with Crippen LogP contribution in [0, 0.1) is 5.41 Å². The summed E-state index contributed by atoms with van der Waals surface area (Å²) in [4.78, 5) is 1.21. The molecule has 0 unspecified atom stereocenters. The summed E-state index contributed by atoms with van der Waals surface area (Å²) >= 11 is 1.02. The van der Waals surface area contributed by atoms with Gasteiger partial charge in [0.2, 0.25) is 0 Å². The molecule has 2 aliphatic rings. The fourth-order valence-electron chi connectivity index (χ4n) is 2.71. The van der Waals surface area contributed by atoms with Crippen LogP contribution in [0.4, 0.5) is 18.9 Å². The van der Waals surface area contributed by atoms with Crippen molar-refractivity contribution in [3.05, 3.63) is 29.8 Å². The van der Waals surface area contributed by atoms with Gasteiger partial charge in [0.1, 0.15) is 0 Å². The van der Waals surface area contributed by atoms with Gasteiger partial charge in [-0.3, -0.25) is 5.41 Å². The minimum Gasteiger partial charge on any atom is -0.316 e. The minimum absolute atomic E-state index is 0.0309. The number of halogens is 3. The van der Waals surface area contributed by atoms with Crippen LogP contribution in [0.5, 0.6) is 0 Å². The van der Waals surface area contributed by atoms with Crippen molar-refractivity contribution >= 4 is 32.5 Å². The van der Waals surface area contributed by atoms with Crippen molar-refractivity contribution in [1.82, 2.24) is 0 Å². The van der Waals surface area contributed by atoms with Crippen molar-refractivity contribution in [2.24, 2.45) is 0 Å². The number of sulfone groups is 1. The number of hydrogen-bond acceptors (Lipinski definition) is 4. The average Bonchev–Trinajstić information content (AvgIpc) is 2.78. The number of nitrogens with zero attached hydrogens (tertiary/aromatic N) is 1. The van der Waals surface area contributed by atoms with E-state index in [0.29, 0.717) is 0 Å². The summed E-state index contributed by atoms with van der Waals surface area (Å²) in [6.07, 6.45) is -4.54. The van der Waals surface area contributed by atoms with Gasteiger partial charge in [-0.15, -0.1) is 0 Å². The summed E-state index contributed by atoms with van der Waals surface area (Å²) in [5.74, 6) is -0.297. The van der Waals surface area contributed by atoms with E-state index in [9.17, 15) is 21.6 Å². The molecule has 3 rings (SSSR count). The molecule has 0 aromatic heterocycles. The first-order valence-corrected chi connectivity index (χ1v) is 8.80. The maximum Gasteiger partial charge on any atom is 0.418 e. The molecule has 0 amide bonds. The molecule has 2 atom stereocenters.